The molecule has 0 N–H and O–H groups in total. The number of carbonyl (C=O) groups excluding carboxylic acids is 1. The largest absolute Gasteiger partial charge is 0.294 e. The maximum atomic E-state index is 11.7. The second-order valence-electron chi connectivity index (χ2n) is 4.48. The van der Waals surface area contributed by atoms with Crippen LogP contribution in [0.5, 0.6) is 0 Å². The third-order valence-electron chi connectivity index (χ3n) is 2.76. The third kappa shape index (κ3) is 1.37. The molecular formula is C11H16N2O. The Labute approximate surface area is 84.1 Å². The molecule has 1 unspecified atom stereocenters. The Hall–Kier alpha value is -1.12. The van der Waals surface area contributed by atoms with Gasteiger partial charge in [-0.3, -0.25) is 9.48 Å². The summed E-state index contributed by atoms with van der Waals surface area (Å²) >= 11 is 0. The minimum absolute atomic E-state index is 0.255. The molecule has 1 atom stereocenters. The second-order valence-corrected chi connectivity index (χ2v) is 4.48. The highest BCUT2D eigenvalue weighted by molar-refractivity contribution is 5.98. The number of hydrogen-bond acceptors (Lipinski definition) is 2. The van der Waals surface area contributed by atoms with Crippen LogP contribution in [0.15, 0.2) is 6.20 Å². The number of ketones is 1. The highest BCUT2D eigenvalue weighted by Gasteiger charge is 2.26. The molecule has 14 heavy (non-hydrogen) atoms. The summed E-state index contributed by atoms with van der Waals surface area (Å²) < 4.78 is 1.98. The fourth-order valence-electron chi connectivity index (χ4n) is 2.10. The van der Waals surface area contributed by atoms with Crippen molar-refractivity contribution in [1.29, 1.82) is 0 Å². The zero-order chi connectivity index (χ0) is 10.3. The predicted octanol–water partition coefficient (Wildman–Crippen LogP) is 2.23. The first-order valence-electron chi connectivity index (χ1n) is 5.19. The Morgan fingerprint density at radius 2 is 2.21 bits per heavy atom. The van der Waals surface area contributed by atoms with Gasteiger partial charge in [0.15, 0.2) is 5.78 Å². The number of carbonyl (C=O) groups is 1. The Bertz CT molecular complexity index is 365. The summed E-state index contributed by atoms with van der Waals surface area (Å²) in [6, 6.07) is 0.344. The summed E-state index contributed by atoms with van der Waals surface area (Å²) in [7, 11) is 0. The van der Waals surface area contributed by atoms with Gasteiger partial charge in [0.25, 0.3) is 0 Å². The molecule has 1 aliphatic rings. The van der Waals surface area contributed by atoms with E-state index in [2.05, 4.69) is 25.9 Å². The first kappa shape index (κ1) is 9.44. The smallest absolute Gasteiger partial charge is 0.166 e. The summed E-state index contributed by atoms with van der Waals surface area (Å²) in [6.45, 7) is 6.31. The molecule has 76 valence electrons. The van der Waals surface area contributed by atoms with Crippen molar-refractivity contribution in [2.75, 3.05) is 0 Å². The molecule has 0 radical (unpaired) electrons. The van der Waals surface area contributed by atoms with Gasteiger partial charge in [0.1, 0.15) is 0 Å². The zero-order valence-corrected chi connectivity index (χ0v) is 8.95. The van der Waals surface area contributed by atoms with Crippen molar-refractivity contribution in [1.82, 2.24) is 9.78 Å². The minimum atomic E-state index is 0.255. The highest BCUT2D eigenvalue weighted by Crippen LogP contribution is 2.26. The van der Waals surface area contributed by atoms with Crippen LogP contribution < -0.4 is 0 Å². The van der Waals surface area contributed by atoms with Crippen LogP contribution in [0.25, 0.3) is 0 Å². The number of Topliss-reactive ketones (excluding diaryl/α,β-unsaturated/α-hetero) is 1. The van der Waals surface area contributed by atoms with Crippen LogP contribution in [0.4, 0.5) is 0 Å². The van der Waals surface area contributed by atoms with Gasteiger partial charge in [0, 0.05) is 18.2 Å². The summed E-state index contributed by atoms with van der Waals surface area (Å²) in [5, 5.41) is 4.28. The van der Waals surface area contributed by atoms with Crippen molar-refractivity contribution in [3.8, 4) is 0 Å². The Morgan fingerprint density at radius 3 is 2.86 bits per heavy atom. The van der Waals surface area contributed by atoms with E-state index >= 15 is 0 Å². The predicted molar refractivity (Wildman–Crippen MR) is 54.4 cm³/mol. The Morgan fingerprint density at radius 1 is 1.50 bits per heavy atom. The molecular weight excluding hydrogens is 176 g/mol. The lowest BCUT2D eigenvalue weighted by Crippen LogP contribution is -2.20. The molecule has 1 aliphatic carbocycles. The second kappa shape index (κ2) is 3.23. The summed E-state index contributed by atoms with van der Waals surface area (Å²) in [5.41, 5.74) is 1.97. The van der Waals surface area contributed by atoms with E-state index in [4.69, 9.17) is 0 Å². The highest BCUT2D eigenvalue weighted by atomic mass is 16.1. The molecule has 3 nitrogen and oxygen atoms in total. The van der Waals surface area contributed by atoms with Gasteiger partial charge in [0.05, 0.1) is 11.8 Å². The van der Waals surface area contributed by atoms with Gasteiger partial charge >= 0.3 is 0 Å². The molecule has 0 saturated heterocycles. The van der Waals surface area contributed by atoms with E-state index in [1.165, 1.54) is 0 Å². The van der Waals surface area contributed by atoms with Gasteiger partial charge < -0.3 is 0 Å². The van der Waals surface area contributed by atoms with Crippen LogP contribution in [0.1, 0.15) is 49.3 Å². The number of nitrogens with zero attached hydrogens (tertiary/aromatic N) is 2. The monoisotopic (exact) mass is 192 g/mol. The molecule has 3 heteroatoms. The van der Waals surface area contributed by atoms with Gasteiger partial charge in [-0.2, -0.15) is 5.10 Å². The summed E-state index contributed by atoms with van der Waals surface area (Å²) in [6.07, 6.45) is 3.39. The lowest BCUT2D eigenvalue weighted by molar-refractivity contribution is 0.0952. The summed E-state index contributed by atoms with van der Waals surface area (Å²) in [5.74, 6) is 0.717. The van der Waals surface area contributed by atoms with Crippen LogP contribution in [0, 0.1) is 5.92 Å². The molecule has 1 aromatic heterocycles. The molecule has 0 aromatic carbocycles. The van der Waals surface area contributed by atoms with E-state index in [1.807, 2.05) is 4.68 Å². The van der Waals surface area contributed by atoms with Crippen LogP contribution in [0.3, 0.4) is 0 Å². The first-order chi connectivity index (χ1) is 6.59. The SMILES string of the molecule is CC1CC(=O)c2cnn(C(C)C)c2C1. The van der Waals surface area contributed by atoms with E-state index in [-0.39, 0.29) is 5.78 Å². The molecule has 1 aromatic rings. The van der Waals surface area contributed by atoms with E-state index in [0.717, 1.165) is 17.7 Å². The van der Waals surface area contributed by atoms with Crippen molar-refractivity contribution >= 4 is 5.78 Å². The minimum Gasteiger partial charge on any atom is -0.294 e. The van der Waals surface area contributed by atoms with Gasteiger partial charge in [-0.1, -0.05) is 6.92 Å². The third-order valence-corrected chi connectivity index (χ3v) is 2.76. The molecule has 0 amide bonds. The van der Waals surface area contributed by atoms with Crippen molar-refractivity contribution in [2.24, 2.45) is 5.92 Å². The van der Waals surface area contributed by atoms with Crippen LogP contribution in [-0.2, 0) is 6.42 Å². The zero-order valence-electron chi connectivity index (χ0n) is 8.95. The summed E-state index contributed by atoms with van der Waals surface area (Å²) in [4.78, 5) is 11.7. The number of aromatic nitrogens is 2. The average molecular weight is 192 g/mol. The van der Waals surface area contributed by atoms with E-state index < -0.39 is 0 Å². The fraction of sp³-hybridized carbons (Fsp3) is 0.636. The normalized spacial score (nSPS) is 21.4. The fourth-order valence-corrected chi connectivity index (χ4v) is 2.10. The quantitative estimate of drug-likeness (QED) is 0.684. The maximum Gasteiger partial charge on any atom is 0.166 e. The Balaban J connectivity index is 2.46. The number of fused-ring (bicyclic) bond motifs is 1. The van der Waals surface area contributed by atoms with Crippen LogP contribution in [-0.4, -0.2) is 15.6 Å². The van der Waals surface area contributed by atoms with Crippen molar-refractivity contribution in [2.45, 2.75) is 39.7 Å². The van der Waals surface area contributed by atoms with Gasteiger partial charge in [-0.05, 0) is 26.2 Å². The average Bonchev–Trinajstić information content (AvgIpc) is 2.47. The van der Waals surface area contributed by atoms with Gasteiger partial charge in [-0.25, -0.2) is 0 Å². The van der Waals surface area contributed by atoms with Gasteiger partial charge in [-0.15, -0.1) is 0 Å². The van der Waals surface area contributed by atoms with Crippen molar-refractivity contribution in [3.05, 3.63) is 17.5 Å². The maximum absolute atomic E-state index is 11.7. The molecule has 0 spiro atoms. The topological polar surface area (TPSA) is 34.9 Å². The lowest BCUT2D eigenvalue weighted by atomic mass is 9.88. The van der Waals surface area contributed by atoms with E-state index in [0.29, 0.717) is 18.4 Å². The molecule has 0 bridgehead atoms. The van der Waals surface area contributed by atoms with Crippen molar-refractivity contribution < 1.29 is 4.79 Å². The Kier molecular flexibility index (Phi) is 2.17. The molecule has 0 saturated carbocycles. The molecule has 2 rings (SSSR count). The van der Waals surface area contributed by atoms with Crippen LogP contribution in [0.2, 0.25) is 0 Å². The standard InChI is InChI=1S/C11H16N2O/c1-7(2)13-10-4-8(3)5-11(14)9(10)6-12-13/h6-8H,4-5H2,1-3H3. The van der Waals surface area contributed by atoms with E-state index in [9.17, 15) is 4.79 Å². The van der Waals surface area contributed by atoms with Gasteiger partial charge in [0.2, 0.25) is 0 Å². The van der Waals surface area contributed by atoms with Crippen LogP contribution >= 0.6 is 0 Å². The molecule has 1 heterocycles. The number of hydrogen-bond donors (Lipinski definition) is 0. The van der Waals surface area contributed by atoms with Crippen molar-refractivity contribution in [3.63, 3.8) is 0 Å². The molecule has 0 fully saturated rings. The number of rotatable bonds is 1. The molecule has 0 aliphatic heterocycles. The van der Waals surface area contributed by atoms with E-state index in [1.54, 1.807) is 6.20 Å². The first-order valence-corrected chi connectivity index (χ1v) is 5.19. The lowest BCUT2D eigenvalue weighted by Gasteiger charge is -2.20.